The average Bonchev–Trinajstić information content (AvgIpc) is 3.03. The molecule has 0 amide bonds. The molecule has 5 heteroatoms. The van der Waals surface area contributed by atoms with Crippen molar-refractivity contribution in [1.29, 1.82) is 0 Å². The highest BCUT2D eigenvalue weighted by molar-refractivity contribution is 5.80. The molecule has 22 heavy (non-hydrogen) atoms. The van der Waals surface area contributed by atoms with E-state index in [0.717, 1.165) is 11.3 Å². The summed E-state index contributed by atoms with van der Waals surface area (Å²) in [4.78, 5) is 12.1. The van der Waals surface area contributed by atoms with Crippen molar-refractivity contribution in [1.82, 2.24) is 20.2 Å². The lowest BCUT2D eigenvalue weighted by atomic mass is 10.1. The number of para-hydroxylation sites is 1. The summed E-state index contributed by atoms with van der Waals surface area (Å²) >= 11 is 0. The summed E-state index contributed by atoms with van der Waals surface area (Å²) in [5.41, 5.74) is 1.94. The van der Waals surface area contributed by atoms with Gasteiger partial charge in [0.1, 0.15) is 5.78 Å². The maximum atomic E-state index is 12.1. The fourth-order valence-corrected chi connectivity index (χ4v) is 2.29. The minimum Gasteiger partial charge on any atom is -0.299 e. The molecule has 0 atom stereocenters. The second kappa shape index (κ2) is 6.76. The Labute approximate surface area is 128 Å². The summed E-state index contributed by atoms with van der Waals surface area (Å²) in [7, 11) is 0. The van der Waals surface area contributed by atoms with Gasteiger partial charge in [-0.1, -0.05) is 48.5 Å². The van der Waals surface area contributed by atoms with Crippen LogP contribution < -0.4 is 0 Å². The van der Waals surface area contributed by atoms with Gasteiger partial charge in [-0.25, -0.2) is 0 Å². The zero-order valence-corrected chi connectivity index (χ0v) is 12.1. The van der Waals surface area contributed by atoms with Crippen molar-refractivity contribution >= 4 is 5.78 Å². The van der Waals surface area contributed by atoms with Gasteiger partial charge >= 0.3 is 0 Å². The van der Waals surface area contributed by atoms with Crippen LogP contribution in [0.3, 0.4) is 0 Å². The molecule has 5 nitrogen and oxygen atoms in total. The summed E-state index contributed by atoms with van der Waals surface area (Å²) in [5.74, 6) is 0.890. The number of Topliss-reactive ketones (excluding diaryl/α,β-unsaturated/α-hetero) is 1. The number of nitrogens with zero attached hydrogens (tertiary/aromatic N) is 4. The van der Waals surface area contributed by atoms with Gasteiger partial charge in [0.25, 0.3) is 0 Å². The van der Waals surface area contributed by atoms with Crippen molar-refractivity contribution in [3.63, 3.8) is 0 Å². The lowest BCUT2D eigenvalue weighted by Gasteiger charge is -2.04. The number of aryl methyl sites for hydroxylation is 1. The molecule has 2 aromatic carbocycles. The number of hydrogen-bond donors (Lipinski definition) is 0. The highest BCUT2D eigenvalue weighted by Crippen LogP contribution is 2.09. The van der Waals surface area contributed by atoms with Crippen LogP contribution in [0.25, 0.3) is 5.69 Å². The van der Waals surface area contributed by atoms with Crippen molar-refractivity contribution in [2.75, 3.05) is 0 Å². The summed E-state index contributed by atoms with van der Waals surface area (Å²) < 4.78 is 1.68. The first kappa shape index (κ1) is 14.1. The van der Waals surface area contributed by atoms with Crippen LogP contribution >= 0.6 is 0 Å². The molecule has 110 valence electrons. The van der Waals surface area contributed by atoms with Crippen LogP contribution in [0, 0.1) is 0 Å². The molecule has 0 fully saturated rings. The molecule has 0 unspecified atom stereocenters. The van der Waals surface area contributed by atoms with Crippen LogP contribution in [0.2, 0.25) is 0 Å². The number of aromatic nitrogens is 4. The minimum atomic E-state index is 0.189. The highest BCUT2D eigenvalue weighted by atomic mass is 16.1. The van der Waals surface area contributed by atoms with Crippen molar-refractivity contribution < 1.29 is 4.79 Å². The molecule has 0 aliphatic rings. The molecule has 0 radical (unpaired) electrons. The topological polar surface area (TPSA) is 60.7 Å². The first-order valence-electron chi connectivity index (χ1n) is 7.21. The van der Waals surface area contributed by atoms with Crippen molar-refractivity contribution in [2.45, 2.75) is 19.3 Å². The lowest BCUT2D eigenvalue weighted by molar-refractivity contribution is -0.118. The number of tetrazole rings is 1. The lowest BCUT2D eigenvalue weighted by Crippen LogP contribution is -2.08. The molecule has 3 aromatic rings. The number of carbonyl (C=O) groups excluding carboxylic acids is 1. The van der Waals surface area contributed by atoms with Gasteiger partial charge in [0.15, 0.2) is 5.82 Å². The third-order valence-corrected chi connectivity index (χ3v) is 3.41. The van der Waals surface area contributed by atoms with E-state index in [1.54, 1.807) is 4.68 Å². The Balaban J connectivity index is 1.63. The molecule has 0 aliphatic carbocycles. The summed E-state index contributed by atoms with van der Waals surface area (Å²) in [6.07, 6.45) is 1.42. The Bertz CT molecular complexity index is 738. The first-order chi connectivity index (χ1) is 10.8. The van der Waals surface area contributed by atoms with Crippen LogP contribution in [-0.4, -0.2) is 26.0 Å². The molecular formula is C17H16N4O. The normalized spacial score (nSPS) is 10.5. The Morgan fingerprint density at radius 3 is 2.36 bits per heavy atom. The number of carbonyl (C=O) groups is 1. The Kier molecular flexibility index (Phi) is 4.34. The van der Waals surface area contributed by atoms with Crippen LogP contribution in [0.1, 0.15) is 17.8 Å². The number of benzene rings is 2. The minimum absolute atomic E-state index is 0.189. The smallest absolute Gasteiger partial charge is 0.157 e. The van der Waals surface area contributed by atoms with E-state index in [1.165, 1.54) is 0 Å². The van der Waals surface area contributed by atoms with Gasteiger partial charge < -0.3 is 0 Å². The van der Waals surface area contributed by atoms with E-state index in [4.69, 9.17) is 0 Å². The molecule has 1 heterocycles. The van der Waals surface area contributed by atoms with Crippen LogP contribution in [0.15, 0.2) is 60.7 Å². The number of ketones is 1. The van der Waals surface area contributed by atoms with E-state index in [0.29, 0.717) is 25.1 Å². The molecule has 0 saturated heterocycles. The number of hydrogen-bond acceptors (Lipinski definition) is 4. The van der Waals surface area contributed by atoms with Crippen molar-refractivity contribution in [3.8, 4) is 5.69 Å². The van der Waals surface area contributed by atoms with Gasteiger partial charge in [0, 0.05) is 19.3 Å². The SMILES string of the molecule is O=C(CCc1nnnn1-c1ccccc1)Cc1ccccc1. The van der Waals surface area contributed by atoms with Gasteiger partial charge in [-0.2, -0.15) is 4.68 Å². The largest absolute Gasteiger partial charge is 0.299 e. The second-order valence-electron chi connectivity index (χ2n) is 5.04. The third kappa shape index (κ3) is 3.44. The molecule has 0 saturated carbocycles. The fraction of sp³-hybridized carbons (Fsp3) is 0.176. The quantitative estimate of drug-likeness (QED) is 0.700. The van der Waals surface area contributed by atoms with Crippen molar-refractivity contribution in [2.24, 2.45) is 0 Å². The monoisotopic (exact) mass is 292 g/mol. The fourth-order valence-electron chi connectivity index (χ4n) is 2.29. The summed E-state index contributed by atoms with van der Waals surface area (Å²) in [5, 5.41) is 11.7. The molecule has 0 spiro atoms. The molecule has 3 rings (SSSR count). The highest BCUT2D eigenvalue weighted by Gasteiger charge is 2.11. The average molecular weight is 292 g/mol. The molecular weight excluding hydrogens is 276 g/mol. The predicted molar refractivity (Wildman–Crippen MR) is 82.6 cm³/mol. The van der Waals surface area contributed by atoms with Gasteiger partial charge in [-0.05, 0) is 28.1 Å². The maximum Gasteiger partial charge on any atom is 0.157 e. The standard InChI is InChI=1S/C17H16N4O/c22-16(13-14-7-3-1-4-8-14)11-12-17-18-19-20-21(17)15-9-5-2-6-10-15/h1-10H,11-13H2. The van der Waals surface area contributed by atoms with E-state index < -0.39 is 0 Å². The Hall–Kier alpha value is -2.82. The van der Waals surface area contributed by atoms with E-state index in [2.05, 4.69) is 15.5 Å². The van der Waals surface area contributed by atoms with E-state index in [-0.39, 0.29) is 5.78 Å². The van der Waals surface area contributed by atoms with E-state index >= 15 is 0 Å². The third-order valence-electron chi connectivity index (χ3n) is 3.41. The maximum absolute atomic E-state index is 12.1. The zero-order valence-electron chi connectivity index (χ0n) is 12.1. The molecule has 0 bridgehead atoms. The second-order valence-corrected chi connectivity index (χ2v) is 5.04. The summed E-state index contributed by atoms with van der Waals surface area (Å²) in [6.45, 7) is 0. The van der Waals surface area contributed by atoms with Crippen molar-refractivity contribution in [3.05, 3.63) is 72.1 Å². The Morgan fingerprint density at radius 2 is 1.64 bits per heavy atom. The van der Waals surface area contributed by atoms with E-state index in [9.17, 15) is 4.79 Å². The van der Waals surface area contributed by atoms with Gasteiger partial charge in [0.05, 0.1) is 5.69 Å². The van der Waals surface area contributed by atoms with E-state index in [1.807, 2.05) is 60.7 Å². The first-order valence-corrected chi connectivity index (χ1v) is 7.21. The number of rotatable bonds is 6. The van der Waals surface area contributed by atoms with Gasteiger partial charge in [-0.3, -0.25) is 4.79 Å². The van der Waals surface area contributed by atoms with Gasteiger partial charge in [0.2, 0.25) is 0 Å². The van der Waals surface area contributed by atoms with Crippen LogP contribution in [-0.2, 0) is 17.6 Å². The summed E-state index contributed by atoms with van der Waals surface area (Å²) in [6, 6.07) is 19.4. The zero-order chi connectivity index (χ0) is 15.2. The Morgan fingerprint density at radius 1 is 0.955 bits per heavy atom. The predicted octanol–water partition coefficient (Wildman–Crippen LogP) is 2.41. The van der Waals surface area contributed by atoms with Crippen LogP contribution in [0.4, 0.5) is 0 Å². The molecule has 0 aliphatic heterocycles. The molecule has 1 aromatic heterocycles. The van der Waals surface area contributed by atoms with Gasteiger partial charge in [-0.15, -0.1) is 5.10 Å². The molecule has 0 N–H and O–H groups in total. The van der Waals surface area contributed by atoms with Crippen LogP contribution in [0.5, 0.6) is 0 Å².